The van der Waals surface area contributed by atoms with Gasteiger partial charge in [-0.1, -0.05) is 13.8 Å². The van der Waals surface area contributed by atoms with Crippen molar-refractivity contribution < 1.29 is 9.18 Å². The number of hydrogen-bond acceptors (Lipinski definition) is 5. The number of carbonyl (C=O) groups is 1. The van der Waals surface area contributed by atoms with Crippen LogP contribution in [0.3, 0.4) is 0 Å². The van der Waals surface area contributed by atoms with Gasteiger partial charge in [0, 0.05) is 25.2 Å². The summed E-state index contributed by atoms with van der Waals surface area (Å²) in [6.07, 6.45) is 2.15. The van der Waals surface area contributed by atoms with Crippen LogP contribution >= 0.6 is 0 Å². The van der Waals surface area contributed by atoms with E-state index < -0.39 is 0 Å². The second kappa shape index (κ2) is 11.0. The largest absolute Gasteiger partial charge is 0.382 e. The molecule has 34 heavy (non-hydrogen) atoms. The number of hydrogen-bond donors (Lipinski definition) is 2. The van der Waals surface area contributed by atoms with Crippen LogP contribution in [0, 0.1) is 36.9 Å². The normalized spacial score (nSPS) is 11.1. The Bertz CT molecular complexity index is 1190. The second-order valence-electron chi connectivity index (χ2n) is 8.89. The fourth-order valence-corrected chi connectivity index (χ4v) is 3.98. The molecule has 0 aliphatic carbocycles. The Morgan fingerprint density at radius 1 is 1.21 bits per heavy atom. The first-order valence-electron chi connectivity index (χ1n) is 11.5. The number of halogens is 1. The molecule has 0 aliphatic rings. The van der Waals surface area contributed by atoms with Crippen LogP contribution in [0.15, 0.2) is 24.3 Å². The van der Waals surface area contributed by atoms with Crippen molar-refractivity contribution in [3.63, 3.8) is 0 Å². The first-order chi connectivity index (χ1) is 16.2. The Kier molecular flexibility index (Phi) is 8.05. The lowest BCUT2D eigenvalue weighted by Gasteiger charge is -2.08. The van der Waals surface area contributed by atoms with E-state index in [0.29, 0.717) is 55.1 Å². The van der Waals surface area contributed by atoms with Crippen LogP contribution in [-0.4, -0.2) is 32.0 Å². The summed E-state index contributed by atoms with van der Waals surface area (Å²) in [7, 11) is 0. The molecule has 0 unspecified atom stereocenters. The average molecular weight is 466 g/mol. The number of nitrogens with two attached hydrogens (primary N) is 1. The highest BCUT2D eigenvalue weighted by atomic mass is 19.1. The lowest BCUT2D eigenvalue weighted by atomic mass is 10.1. The van der Waals surface area contributed by atoms with E-state index in [2.05, 4.69) is 42.4 Å². The van der Waals surface area contributed by atoms with Crippen LogP contribution < -0.4 is 11.1 Å². The average Bonchev–Trinajstić information content (AvgIpc) is 3.24. The number of rotatable bonds is 10. The van der Waals surface area contributed by atoms with Gasteiger partial charge in [-0.2, -0.15) is 15.5 Å². The van der Waals surface area contributed by atoms with Crippen molar-refractivity contribution >= 4 is 11.7 Å². The molecule has 0 aliphatic heterocycles. The zero-order valence-corrected chi connectivity index (χ0v) is 20.2. The number of nitrogen functional groups attached to an aromatic ring is 1. The van der Waals surface area contributed by atoms with Gasteiger partial charge < -0.3 is 11.1 Å². The summed E-state index contributed by atoms with van der Waals surface area (Å²) in [6, 6.07) is 7.84. The summed E-state index contributed by atoms with van der Waals surface area (Å²) in [5, 5.41) is 21.5. The molecule has 2 heterocycles. The van der Waals surface area contributed by atoms with E-state index >= 15 is 0 Å². The van der Waals surface area contributed by atoms with E-state index in [-0.39, 0.29) is 17.5 Å². The third-order valence-electron chi connectivity index (χ3n) is 5.76. The number of amides is 1. The first kappa shape index (κ1) is 25.0. The van der Waals surface area contributed by atoms with Gasteiger partial charge in [-0.25, -0.2) is 9.07 Å². The van der Waals surface area contributed by atoms with Crippen LogP contribution in [0.1, 0.15) is 54.9 Å². The highest BCUT2D eigenvalue weighted by Crippen LogP contribution is 2.22. The van der Waals surface area contributed by atoms with Crippen molar-refractivity contribution in [3.05, 3.63) is 58.3 Å². The topological polar surface area (TPSA) is 115 Å². The zero-order chi connectivity index (χ0) is 24.8. The molecule has 3 rings (SSSR count). The van der Waals surface area contributed by atoms with E-state index in [1.165, 1.54) is 16.8 Å². The third-order valence-corrected chi connectivity index (χ3v) is 5.76. The van der Waals surface area contributed by atoms with Gasteiger partial charge in [0.2, 0.25) is 5.91 Å². The van der Waals surface area contributed by atoms with E-state index in [9.17, 15) is 14.4 Å². The number of anilines is 1. The van der Waals surface area contributed by atoms with Crippen molar-refractivity contribution in [3.8, 4) is 11.8 Å². The first-order valence-corrected chi connectivity index (χ1v) is 11.5. The second-order valence-corrected chi connectivity index (χ2v) is 8.89. The van der Waals surface area contributed by atoms with Gasteiger partial charge in [0.05, 0.1) is 17.1 Å². The van der Waals surface area contributed by atoms with E-state index in [1.54, 1.807) is 12.1 Å². The molecule has 3 aromatic rings. The molecule has 9 heteroatoms. The fourth-order valence-electron chi connectivity index (χ4n) is 3.98. The Morgan fingerprint density at radius 3 is 2.56 bits per heavy atom. The molecule has 1 aromatic carbocycles. The van der Waals surface area contributed by atoms with Gasteiger partial charge in [0.15, 0.2) is 0 Å². The molecule has 0 saturated carbocycles. The summed E-state index contributed by atoms with van der Waals surface area (Å²) in [5.41, 5.74) is 10.8. The molecule has 1 amide bonds. The summed E-state index contributed by atoms with van der Waals surface area (Å²) in [6.45, 7) is 9.69. The number of carbonyl (C=O) groups excluding carboxylic acids is 1. The van der Waals surface area contributed by atoms with Gasteiger partial charge in [-0.05, 0) is 68.9 Å². The summed E-state index contributed by atoms with van der Waals surface area (Å²) in [4.78, 5) is 12.4. The Balaban J connectivity index is 1.52. The standard InChI is InChI=1S/C25H32FN7O/c1-16(2)15-32-18(4)21(17(3)30-32)11-12-24(34)29-13-5-6-23-22(14-27)25(28)33(31-23)20-9-7-19(26)8-10-20/h7-10,16H,5-6,11-13,15,28H2,1-4H3,(H,29,34). The van der Waals surface area contributed by atoms with Crippen molar-refractivity contribution in [2.24, 2.45) is 5.92 Å². The number of aryl methyl sites for hydroxylation is 2. The van der Waals surface area contributed by atoms with Crippen molar-refractivity contribution in [2.45, 2.75) is 59.9 Å². The minimum atomic E-state index is -0.360. The van der Waals surface area contributed by atoms with E-state index in [1.807, 2.05) is 11.6 Å². The maximum absolute atomic E-state index is 13.2. The van der Waals surface area contributed by atoms with Gasteiger partial charge >= 0.3 is 0 Å². The molecule has 0 radical (unpaired) electrons. The Labute approximate surface area is 199 Å². The van der Waals surface area contributed by atoms with Crippen molar-refractivity contribution in [1.82, 2.24) is 24.9 Å². The van der Waals surface area contributed by atoms with Crippen LogP contribution in [0.25, 0.3) is 5.69 Å². The number of nitriles is 1. The molecule has 0 saturated heterocycles. The molecule has 3 N–H and O–H groups in total. The lowest BCUT2D eigenvalue weighted by molar-refractivity contribution is -0.121. The molecule has 180 valence electrons. The van der Waals surface area contributed by atoms with Gasteiger partial charge in [0.1, 0.15) is 23.3 Å². The third kappa shape index (κ3) is 5.81. The molecule has 0 spiro atoms. The highest BCUT2D eigenvalue weighted by Gasteiger charge is 2.17. The lowest BCUT2D eigenvalue weighted by Crippen LogP contribution is -2.25. The highest BCUT2D eigenvalue weighted by molar-refractivity contribution is 5.76. The van der Waals surface area contributed by atoms with Gasteiger partial charge in [-0.15, -0.1) is 0 Å². The van der Waals surface area contributed by atoms with E-state index in [0.717, 1.165) is 23.5 Å². The van der Waals surface area contributed by atoms with Gasteiger partial charge in [0.25, 0.3) is 0 Å². The predicted molar refractivity (Wildman–Crippen MR) is 129 cm³/mol. The van der Waals surface area contributed by atoms with Gasteiger partial charge in [-0.3, -0.25) is 9.48 Å². The minimum absolute atomic E-state index is 0.0210. The molecule has 0 fully saturated rings. The number of nitrogens with one attached hydrogen (secondary N) is 1. The quantitative estimate of drug-likeness (QED) is 0.444. The fraction of sp³-hybridized carbons (Fsp3) is 0.440. The summed E-state index contributed by atoms with van der Waals surface area (Å²) >= 11 is 0. The van der Waals surface area contributed by atoms with Crippen molar-refractivity contribution in [1.29, 1.82) is 5.26 Å². The summed E-state index contributed by atoms with van der Waals surface area (Å²) < 4.78 is 16.7. The van der Waals surface area contributed by atoms with Crippen molar-refractivity contribution in [2.75, 3.05) is 12.3 Å². The maximum atomic E-state index is 13.2. The van der Waals surface area contributed by atoms with Crippen LogP contribution in [0.2, 0.25) is 0 Å². The molecule has 0 atom stereocenters. The SMILES string of the molecule is Cc1nn(CC(C)C)c(C)c1CCC(=O)NCCCc1nn(-c2ccc(F)cc2)c(N)c1C#N. The molecule has 8 nitrogen and oxygen atoms in total. The molecular formula is C25H32FN7O. The Morgan fingerprint density at radius 2 is 1.91 bits per heavy atom. The minimum Gasteiger partial charge on any atom is -0.382 e. The summed E-state index contributed by atoms with van der Waals surface area (Å²) in [5.74, 6) is 0.345. The maximum Gasteiger partial charge on any atom is 0.220 e. The van der Waals surface area contributed by atoms with E-state index in [4.69, 9.17) is 5.73 Å². The zero-order valence-electron chi connectivity index (χ0n) is 20.2. The molecule has 2 aromatic heterocycles. The predicted octanol–water partition coefficient (Wildman–Crippen LogP) is 3.62. The monoisotopic (exact) mass is 465 g/mol. The van der Waals surface area contributed by atoms with Crippen LogP contribution in [-0.2, 0) is 24.2 Å². The molecule has 0 bridgehead atoms. The Hall–Kier alpha value is -3.67. The van der Waals surface area contributed by atoms with Crippen LogP contribution in [0.5, 0.6) is 0 Å². The smallest absolute Gasteiger partial charge is 0.220 e. The molecular weight excluding hydrogens is 433 g/mol. The van der Waals surface area contributed by atoms with Crippen LogP contribution in [0.4, 0.5) is 10.2 Å². The number of nitrogens with zero attached hydrogens (tertiary/aromatic N) is 5. The number of aromatic nitrogens is 4. The number of benzene rings is 1.